The smallest absolute Gasteiger partial charge is 0.324 e. The molecule has 1 aromatic carbocycles. The van der Waals surface area contributed by atoms with Crippen molar-refractivity contribution in [2.24, 2.45) is 5.73 Å². The van der Waals surface area contributed by atoms with Crippen LogP contribution in [0.15, 0.2) is 24.3 Å². The molecule has 6 heteroatoms. The van der Waals surface area contributed by atoms with Gasteiger partial charge in [0, 0.05) is 17.0 Å². The predicted octanol–water partition coefficient (Wildman–Crippen LogP) is 0.534. The third-order valence-corrected chi connectivity index (χ3v) is 2.91. The van der Waals surface area contributed by atoms with Crippen LogP contribution in [0.5, 0.6) is 0 Å². The number of hydrogen-bond donors (Lipinski definition) is 3. The minimum absolute atomic E-state index is 0.173. The first-order valence-corrected chi connectivity index (χ1v) is 5.71. The van der Waals surface area contributed by atoms with E-state index < -0.39 is 6.04 Å². The van der Waals surface area contributed by atoms with Gasteiger partial charge in [-0.15, -0.1) is 0 Å². The number of nitrogens with one attached hydrogen (secondary N) is 2. The zero-order valence-electron chi connectivity index (χ0n) is 9.15. The summed E-state index contributed by atoms with van der Waals surface area (Å²) in [5.74, 6) is -0.328. The van der Waals surface area contributed by atoms with Gasteiger partial charge in [0.2, 0.25) is 0 Å². The van der Waals surface area contributed by atoms with Gasteiger partial charge in [-0.1, -0.05) is 29.8 Å². The number of ether oxygens (including phenoxy) is 1. The Bertz CT molecular complexity index is 413. The standard InChI is InChI=1S/C11H14ClN3O2/c12-8-4-2-1-3-7(8)6-17-11(16)9-5-10(13)15-14-9/h1-4,9-10,14-15H,5-6,13H2. The Morgan fingerprint density at radius 2 is 2.24 bits per heavy atom. The van der Waals surface area contributed by atoms with Gasteiger partial charge in [-0.05, 0) is 6.07 Å². The lowest BCUT2D eigenvalue weighted by Crippen LogP contribution is -2.40. The summed E-state index contributed by atoms with van der Waals surface area (Å²) in [7, 11) is 0. The minimum atomic E-state index is -0.396. The molecule has 0 bridgehead atoms. The molecule has 4 N–H and O–H groups in total. The highest BCUT2D eigenvalue weighted by Crippen LogP contribution is 2.16. The highest BCUT2D eigenvalue weighted by molar-refractivity contribution is 6.31. The van der Waals surface area contributed by atoms with Crippen LogP contribution in [0.1, 0.15) is 12.0 Å². The molecule has 1 aliphatic heterocycles. The van der Waals surface area contributed by atoms with Crippen molar-refractivity contribution < 1.29 is 9.53 Å². The highest BCUT2D eigenvalue weighted by atomic mass is 35.5. The van der Waals surface area contributed by atoms with Crippen LogP contribution >= 0.6 is 11.6 Å². The molecule has 17 heavy (non-hydrogen) atoms. The van der Waals surface area contributed by atoms with E-state index in [9.17, 15) is 4.79 Å². The van der Waals surface area contributed by atoms with E-state index in [-0.39, 0.29) is 18.7 Å². The fourth-order valence-electron chi connectivity index (χ4n) is 1.60. The lowest BCUT2D eigenvalue weighted by atomic mass is 10.2. The molecule has 1 aliphatic rings. The SMILES string of the molecule is NC1CC(C(=O)OCc2ccccc2Cl)NN1. The van der Waals surface area contributed by atoms with Crippen LogP contribution in [-0.4, -0.2) is 18.2 Å². The Kier molecular flexibility index (Phi) is 3.96. The Morgan fingerprint density at radius 1 is 1.47 bits per heavy atom. The summed E-state index contributed by atoms with van der Waals surface area (Å²) < 4.78 is 5.16. The molecule has 0 spiro atoms. The van der Waals surface area contributed by atoms with Gasteiger partial charge >= 0.3 is 5.97 Å². The number of benzene rings is 1. The molecule has 0 aliphatic carbocycles. The van der Waals surface area contributed by atoms with E-state index in [4.69, 9.17) is 22.1 Å². The van der Waals surface area contributed by atoms with Gasteiger partial charge in [0.1, 0.15) is 12.6 Å². The van der Waals surface area contributed by atoms with Gasteiger partial charge in [-0.25, -0.2) is 10.9 Å². The average molecular weight is 256 g/mol. The van der Waals surface area contributed by atoms with Crippen LogP contribution in [0, 0.1) is 0 Å². The van der Waals surface area contributed by atoms with E-state index in [1.807, 2.05) is 18.2 Å². The Labute approximate surface area is 104 Å². The Morgan fingerprint density at radius 3 is 2.88 bits per heavy atom. The van der Waals surface area contributed by atoms with E-state index in [0.29, 0.717) is 11.4 Å². The van der Waals surface area contributed by atoms with E-state index in [1.165, 1.54) is 0 Å². The maximum Gasteiger partial charge on any atom is 0.324 e. The molecule has 92 valence electrons. The summed E-state index contributed by atoms with van der Waals surface area (Å²) in [6.45, 7) is 0.173. The first-order valence-electron chi connectivity index (χ1n) is 5.33. The van der Waals surface area contributed by atoms with Crippen molar-refractivity contribution in [1.82, 2.24) is 10.9 Å². The third kappa shape index (κ3) is 3.17. The number of hydrazine groups is 1. The predicted molar refractivity (Wildman–Crippen MR) is 63.9 cm³/mol. The van der Waals surface area contributed by atoms with Crippen molar-refractivity contribution in [3.05, 3.63) is 34.9 Å². The summed E-state index contributed by atoms with van der Waals surface area (Å²) in [4.78, 5) is 11.7. The van der Waals surface area contributed by atoms with Crippen LogP contribution in [0.3, 0.4) is 0 Å². The molecular weight excluding hydrogens is 242 g/mol. The topological polar surface area (TPSA) is 76.4 Å². The first-order chi connectivity index (χ1) is 8.16. The number of carbonyl (C=O) groups is 1. The number of rotatable bonds is 3. The molecule has 2 atom stereocenters. The molecule has 0 amide bonds. The van der Waals surface area contributed by atoms with Gasteiger partial charge in [-0.2, -0.15) is 0 Å². The number of carbonyl (C=O) groups excluding carboxylic acids is 1. The maximum atomic E-state index is 11.7. The van der Waals surface area contributed by atoms with Crippen molar-refractivity contribution >= 4 is 17.6 Å². The molecule has 0 radical (unpaired) electrons. The molecule has 1 aromatic rings. The molecule has 1 fully saturated rings. The zero-order valence-corrected chi connectivity index (χ0v) is 9.91. The summed E-state index contributed by atoms with van der Waals surface area (Å²) >= 11 is 5.95. The van der Waals surface area contributed by atoms with Crippen LogP contribution in [-0.2, 0) is 16.1 Å². The molecule has 2 unspecified atom stereocenters. The van der Waals surface area contributed by atoms with Gasteiger partial charge in [-0.3, -0.25) is 4.79 Å². The lowest BCUT2D eigenvalue weighted by molar-refractivity contribution is -0.147. The van der Waals surface area contributed by atoms with E-state index in [1.54, 1.807) is 6.07 Å². The molecule has 2 rings (SSSR count). The van der Waals surface area contributed by atoms with Crippen molar-refractivity contribution in [2.45, 2.75) is 25.2 Å². The zero-order chi connectivity index (χ0) is 12.3. The number of esters is 1. The fraction of sp³-hybridized carbons (Fsp3) is 0.364. The van der Waals surface area contributed by atoms with Crippen molar-refractivity contribution in [2.75, 3.05) is 0 Å². The monoisotopic (exact) mass is 255 g/mol. The van der Waals surface area contributed by atoms with E-state index in [0.717, 1.165) is 5.56 Å². The van der Waals surface area contributed by atoms with Crippen molar-refractivity contribution in [3.63, 3.8) is 0 Å². The van der Waals surface area contributed by atoms with E-state index in [2.05, 4.69) is 10.9 Å². The first kappa shape index (κ1) is 12.3. The molecule has 5 nitrogen and oxygen atoms in total. The van der Waals surface area contributed by atoms with Gasteiger partial charge in [0.15, 0.2) is 0 Å². The minimum Gasteiger partial charge on any atom is -0.460 e. The van der Waals surface area contributed by atoms with Crippen LogP contribution in [0.4, 0.5) is 0 Å². The van der Waals surface area contributed by atoms with Gasteiger partial charge in [0.05, 0.1) is 6.17 Å². The van der Waals surface area contributed by atoms with Crippen molar-refractivity contribution in [3.8, 4) is 0 Å². The second-order valence-corrected chi connectivity index (χ2v) is 4.29. The molecular formula is C11H14ClN3O2. The summed E-state index contributed by atoms with van der Waals surface area (Å²) in [5, 5.41) is 0.592. The molecule has 1 saturated heterocycles. The summed E-state index contributed by atoms with van der Waals surface area (Å²) in [6, 6.07) is 6.86. The second-order valence-electron chi connectivity index (χ2n) is 3.88. The van der Waals surface area contributed by atoms with Gasteiger partial charge in [0.25, 0.3) is 0 Å². The normalized spacial score (nSPS) is 23.6. The van der Waals surface area contributed by atoms with Crippen LogP contribution < -0.4 is 16.6 Å². The maximum absolute atomic E-state index is 11.7. The molecule has 0 aromatic heterocycles. The Balaban J connectivity index is 1.86. The summed E-state index contributed by atoms with van der Waals surface area (Å²) in [5.41, 5.74) is 11.9. The lowest BCUT2D eigenvalue weighted by Gasteiger charge is -2.10. The highest BCUT2D eigenvalue weighted by Gasteiger charge is 2.28. The number of halogens is 1. The van der Waals surface area contributed by atoms with Crippen molar-refractivity contribution in [1.29, 1.82) is 0 Å². The average Bonchev–Trinajstić information content (AvgIpc) is 2.74. The Hall–Kier alpha value is -1.14. The third-order valence-electron chi connectivity index (χ3n) is 2.54. The van der Waals surface area contributed by atoms with E-state index >= 15 is 0 Å². The number of hydrogen-bond acceptors (Lipinski definition) is 5. The molecule has 0 saturated carbocycles. The van der Waals surface area contributed by atoms with Crippen LogP contribution in [0.25, 0.3) is 0 Å². The number of nitrogens with two attached hydrogens (primary N) is 1. The molecule has 1 heterocycles. The quantitative estimate of drug-likeness (QED) is 0.687. The summed E-state index contributed by atoms with van der Waals surface area (Å²) in [6.07, 6.45) is 0.300. The largest absolute Gasteiger partial charge is 0.460 e. The fourth-order valence-corrected chi connectivity index (χ4v) is 1.79. The second kappa shape index (κ2) is 5.46. The van der Waals surface area contributed by atoms with Crippen LogP contribution in [0.2, 0.25) is 5.02 Å². The van der Waals surface area contributed by atoms with Gasteiger partial charge < -0.3 is 10.5 Å².